The van der Waals surface area contributed by atoms with Crippen molar-refractivity contribution < 1.29 is 9.53 Å². The lowest BCUT2D eigenvalue weighted by molar-refractivity contribution is -0.116. The first-order valence-corrected chi connectivity index (χ1v) is 6.97. The number of anilines is 2. The molecule has 21 heavy (non-hydrogen) atoms. The van der Waals surface area contributed by atoms with Crippen LogP contribution in [0.25, 0.3) is 0 Å². The zero-order chi connectivity index (χ0) is 15.2. The number of nitrogens with two attached hydrogens (primary N) is 1. The molecule has 0 heterocycles. The molecule has 5 heteroatoms. The number of carbonyl (C=O) groups excluding carboxylic acids is 1. The van der Waals surface area contributed by atoms with E-state index >= 15 is 0 Å². The molecule has 110 valence electrons. The van der Waals surface area contributed by atoms with Gasteiger partial charge in [-0.05, 0) is 30.7 Å². The number of hydrogen-bond acceptors (Lipinski definition) is 3. The number of hydrogen-bond donors (Lipinski definition) is 2. The van der Waals surface area contributed by atoms with Gasteiger partial charge < -0.3 is 15.8 Å². The van der Waals surface area contributed by atoms with Crippen LogP contribution in [-0.4, -0.2) is 12.5 Å². The number of amides is 1. The van der Waals surface area contributed by atoms with Gasteiger partial charge in [-0.15, -0.1) is 0 Å². The number of para-hydroxylation sites is 1. The quantitative estimate of drug-likeness (QED) is 0.829. The average Bonchev–Trinajstić information content (AvgIpc) is 2.43. The van der Waals surface area contributed by atoms with Gasteiger partial charge in [0.25, 0.3) is 0 Å². The highest BCUT2D eigenvalue weighted by atomic mass is 35.5. The number of carbonyl (C=O) groups is 1. The third kappa shape index (κ3) is 4.39. The predicted octanol–water partition coefficient (Wildman–Crippen LogP) is 3.64. The van der Waals surface area contributed by atoms with Gasteiger partial charge in [-0.1, -0.05) is 29.8 Å². The molecule has 0 aliphatic carbocycles. The summed E-state index contributed by atoms with van der Waals surface area (Å²) in [6.45, 7) is 2.17. The Morgan fingerprint density at radius 3 is 2.76 bits per heavy atom. The molecule has 4 nitrogen and oxygen atoms in total. The summed E-state index contributed by atoms with van der Waals surface area (Å²) in [5.41, 5.74) is 7.85. The highest BCUT2D eigenvalue weighted by Crippen LogP contribution is 2.25. The van der Waals surface area contributed by atoms with Gasteiger partial charge in [0.1, 0.15) is 5.75 Å². The standard InChI is InChI=1S/C16H17ClN2O2/c1-11-4-2-7-14(17)16(11)19-15(20)8-9-21-13-6-3-5-12(18)10-13/h2-7,10H,8-9,18H2,1H3,(H,19,20). The van der Waals surface area contributed by atoms with Crippen molar-refractivity contribution in [1.82, 2.24) is 0 Å². The molecule has 0 aromatic heterocycles. The minimum absolute atomic E-state index is 0.143. The molecule has 0 saturated carbocycles. The Hall–Kier alpha value is -2.20. The molecule has 2 aromatic carbocycles. The Bertz CT molecular complexity index is 624. The highest BCUT2D eigenvalue weighted by molar-refractivity contribution is 6.33. The largest absolute Gasteiger partial charge is 0.493 e. The summed E-state index contributed by atoms with van der Waals surface area (Å²) in [6.07, 6.45) is 0.236. The number of nitrogen functional groups attached to an aromatic ring is 1. The smallest absolute Gasteiger partial charge is 0.227 e. The van der Waals surface area contributed by atoms with E-state index < -0.39 is 0 Å². The second kappa shape index (κ2) is 6.99. The summed E-state index contributed by atoms with van der Waals surface area (Å²) in [7, 11) is 0. The van der Waals surface area contributed by atoms with Crippen LogP contribution in [-0.2, 0) is 4.79 Å². The van der Waals surface area contributed by atoms with Crippen LogP contribution in [0.15, 0.2) is 42.5 Å². The van der Waals surface area contributed by atoms with Crippen molar-refractivity contribution in [2.24, 2.45) is 0 Å². The molecule has 2 rings (SSSR count). The molecule has 2 aromatic rings. The molecule has 1 amide bonds. The fraction of sp³-hybridized carbons (Fsp3) is 0.188. The topological polar surface area (TPSA) is 64.3 Å². The molecule has 3 N–H and O–H groups in total. The maximum atomic E-state index is 11.9. The molecular weight excluding hydrogens is 288 g/mol. The Morgan fingerprint density at radius 1 is 1.29 bits per heavy atom. The summed E-state index contributed by atoms with van der Waals surface area (Å²) < 4.78 is 5.48. The molecule has 0 unspecified atom stereocenters. The first-order chi connectivity index (χ1) is 10.1. The fourth-order valence-corrected chi connectivity index (χ4v) is 2.13. The van der Waals surface area contributed by atoms with Gasteiger partial charge >= 0.3 is 0 Å². The van der Waals surface area contributed by atoms with Crippen LogP contribution in [0.1, 0.15) is 12.0 Å². The fourth-order valence-electron chi connectivity index (χ4n) is 1.86. The lowest BCUT2D eigenvalue weighted by atomic mass is 10.2. The van der Waals surface area contributed by atoms with Crippen LogP contribution in [0.2, 0.25) is 5.02 Å². The van der Waals surface area contributed by atoms with Crippen molar-refractivity contribution in [3.63, 3.8) is 0 Å². The van der Waals surface area contributed by atoms with E-state index in [1.165, 1.54) is 0 Å². The van der Waals surface area contributed by atoms with E-state index in [0.717, 1.165) is 5.56 Å². The Labute approximate surface area is 128 Å². The highest BCUT2D eigenvalue weighted by Gasteiger charge is 2.08. The second-order valence-electron chi connectivity index (χ2n) is 4.65. The Kier molecular flexibility index (Phi) is 5.06. The molecule has 0 atom stereocenters. The van der Waals surface area contributed by atoms with Gasteiger partial charge in [0.05, 0.1) is 23.7 Å². The molecule has 0 radical (unpaired) electrons. The SMILES string of the molecule is Cc1cccc(Cl)c1NC(=O)CCOc1cccc(N)c1. The maximum Gasteiger partial charge on any atom is 0.227 e. The van der Waals surface area contributed by atoms with Crippen LogP contribution in [0.3, 0.4) is 0 Å². The minimum Gasteiger partial charge on any atom is -0.493 e. The Balaban J connectivity index is 1.85. The van der Waals surface area contributed by atoms with E-state index in [4.69, 9.17) is 22.1 Å². The van der Waals surface area contributed by atoms with Crippen LogP contribution >= 0.6 is 11.6 Å². The summed E-state index contributed by atoms with van der Waals surface area (Å²) in [6, 6.07) is 12.6. The van der Waals surface area contributed by atoms with Gasteiger partial charge in [-0.2, -0.15) is 0 Å². The Morgan fingerprint density at radius 2 is 2.05 bits per heavy atom. The molecule has 0 aliphatic heterocycles. The zero-order valence-electron chi connectivity index (χ0n) is 11.7. The first kappa shape index (κ1) is 15.2. The summed E-state index contributed by atoms with van der Waals surface area (Å²) >= 11 is 6.06. The number of nitrogens with one attached hydrogen (secondary N) is 1. The normalized spacial score (nSPS) is 10.2. The molecule has 0 spiro atoms. The number of ether oxygens (including phenoxy) is 1. The summed E-state index contributed by atoms with van der Waals surface area (Å²) in [5.74, 6) is 0.506. The number of benzene rings is 2. The lowest BCUT2D eigenvalue weighted by Gasteiger charge is -2.11. The van der Waals surface area contributed by atoms with Crippen molar-refractivity contribution in [2.45, 2.75) is 13.3 Å². The molecular formula is C16H17ClN2O2. The van der Waals surface area contributed by atoms with E-state index in [-0.39, 0.29) is 18.9 Å². The summed E-state index contributed by atoms with van der Waals surface area (Å²) in [4.78, 5) is 11.9. The third-order valence-electron chi connectivity index (χ3n) is 2.94. The predicted molar refractivity (Wildman–Crippen MR) is 85.8 cm³/mol. The molecule has 0 bridgehead atoms. The van der Waals surface area contributed by atoms with Crippen molar-refractivity contribution >= 4 is 28.9 Å². The van der Waals surface area contributed by atoms with E-state index in [0.29, 0.717) is 22.1 Å². The van der Waals surface area contributed by atoms with Crippen molar-refractivity contribution in [3.05, 3.63) is 53.1 Å². The number of halogens is 1. The first-order valence-electron chi connectivity index (χ1n) is 6.59. The molecule has 0 aliphatic rings. The third-order valence-corrected chi connectivity index (χ3v) is 3.26. The van der Waals surface area contributed by atoms with Crippen LogP contribution in [0.5, 0.6) is 5.75 Å². The zero-order valence-corrected chi connectivity index (χ0v) is 12.5. The van der Waals surface area contributed by atoms with Gasteiger partial charge in [0.15, 0.2) is 0 Å². The van der Waals surface area contributed by atoms with E-state index in [1.807, 2.05) is 19.1 Å². The average molecular weight is 305 g/mol. The van der Waals surface area contributed by atoms with Gasteiger partial charge in [-0.3, -0.25) is 4.79 Å². The van der Waals surface area contributed by atoms with Crippen LogP contribution < -0.4 is 15.8 Å². The van der Waals surface area contributed by atoms with Gasteiger partial charge in [0.2, 0.25) is 5.91 Å². The minimum atomic E-state index is -0.143. The second-order valence-corrected chi connectivity index (χ2v) is 5.06. The summed E-state index contributed by atoms with van der Waals surface area (Å²) in [5, 5.41) is 3.33. The monoisotopic (exact) mass is 304 g/mol. The van der Waals surface area contributed by atoms with E-state index in [9.17, 15) is 4.79 Å². The van der Waals surface area contributed by atoms with Crippen molar-refractivity contribution in [1.29, 1.82) is 0 Å². The van der Waals surface area contributed by atoms with Gasteiger partial charge in [-0.25, -0.2) is 0 Å². The molecule has 0 fully saturated rings. The van der Waals surface area contributed by atoms with Crippen LogP contribution in [0, 0.1) is 6.92 Å². The van der Waals surface area contributed by atoms with Crippen LogP contribution in [0.4, 0.5) is 11.4 Å². The van der Waals surface area contributed by atoms with E-state index in [2.05, 4.69) is 5.32 Å². The maximum absolute atomic E-state index is 11.9. The molecule has 0 saturated heterocycles. The van der Waals surface area contributed by atoms with Crippen molar-refractivity contribution in [3.8, 4) is 5.75 Å². The lowest BCUT2D eigenvalue weighted by Crippen LogP contribution is -2.16. The number of rotatable bonds is 5. The van der Waals surface area contributed by atoms with E-state index in [1.54, 1.807) is 30.3 Å². The van der Waals surface area contributed by atoms with Crippen molar-refractivity contribution in [2.75, 3.05) is 17.7 Å². The van der Waals surface area contributed by atoms with Gasteiger partial charge in [0, 0.05) is 11.8 Å². The number of aryl methyl sites for hydroxylation is 1.